The molecule has 0 spiro atoms. The number of pyridine rings is 1. The number of furan rings is 1. The predicted molar refractivity (Wildman–Crippen MR) is 60.9 cm³/mol. The van der Waals surface area contributed by atoms with E-state index in [0.29, 0.717) is 29.7 Å². The number of nitrogens with two attached hydrogens (primary N) is 1. The van der Waals surface area contributed by atoms with Crippen LogP contribution in [0.5, 0.6) is 0 Å². The fourth-order valence-electron chi connectivity index (χ4n) is 1.25. The van der Waals surface area contributed by atoms with Gasteiger partial charge in [0.1, 0.15) is 18.2 Å². The maximum Gasteiger partial charge on any atom is 0.129 e. The van der Waals surface area contributed by atoms with Crippen molar-refractivity contribution in [1.82, 2.24) is 4.98 Å². The summed E-state index contributed by atoms with van der Waals surface area (Å²) in [5.41, 5.74) is 6.18. The van der Waals surface area contributed by atoms with Crippen LogP contribution in [0.25, 0.3) is 0 Å². The maximum absolute atomic E-state index is 5.94. The van der Waals surface area contributed by atoms with Crippen molar-refractivity contribution in [1.29, 1.82) is 0 Å². The van der Waals surface area contributed by atoms with E-state index in [4.69, 9.17) is 26.5 Å². The molecule has 0 saturated heterocycles. The van der Waals surface area contributed by atoms with Crippen LogP contribution < -0.4 is 5.73 Å². The van der Waals surface area contributed by atoms with Crippen LogP contribution in [0.1, 0.15) is 11.5 Å². The summed E-state index contributed by atoms with van der Waals surface area (Å²) >= 11 is 5.94. The van der Waals surface area contributed by atoms with E-state index in [2.05, 4.69) is 4.98 Å². The number of nitrogen functional groups attached to an aromatic ring is 1. The van der Waals surface area contributed by atoms with Gasteiger partial charge in [0.25, 0.3) is 0 Å². The molecule has 84 valence electrons. The lowest BCUT2D eigenvalue weighted by atomic mass is 10.3. The van der Waals surface area contributed by atoms with Crippen molar-refractivity contribution < 1.29 is 9.15 Å². The van der Waals surface area contributed by atoms with Gasteiger partial charge in [-0.1, -0.05) is 11.6 Å². The van der Waals surface area contributed by atoms with E-state index in [1.165, 1.54) is 0 Å². The van der Waals surface area contributed by atoms with Crippen LogP contribution >= 0.6 is 11.6 Å². The summed E-state index contributed by atoms with van der Waals surface area (Å²) < 4.78 is 10.5. The molecule has 2 heterocycles. The highest BCUT2D eigenvalue weighted by molar-refractivity contribution is 6.31. The third-order valence-corrected chi connectivity index (χ3v) is 2.35. The number of nitrogens with zero attached hydrogens (tertiary/aromatic N) is 1. The molecule has 0 saturated carbocycles. The summed E-state index contributed by atoms with van der Waals surface area (Å²) in [7, 11) is 0. The van der Waals surface area contributed by atoms with Gasteiger partial charge in [0.05, 0.1) is 23.6 Å². The van der Waals surface area contributed by atoms with Crippen LogP contribution in [0.15, 0.2) is 34.9 Å². The molecule has 2 rings (SSSR count). The van der Waals surface area contributed by atoms with E-state index in [-0.39, 0.29) is 0 Å². The quantitative estimate of drug-likeness (QED) is 0.890. The fourth-order valence-corrected chi connectivity index (χ4v) is 1.41. The van der Waals surface area contributed by atoms with Crippen molar-refractivity contribution in [3.8, 4) is 0 Å². The predicted octanol–water partition coefficient (Wildman–Crippen LogP) is 2.63. The molecule has 0 atom stereocenters. The molecule has 0 bridgehead atoms. The first-order valence-electron chi connectivity index (χ1n) is 4.77. The summed E-state index contributed by atoms with van der Waals surface area (Å²) in [6.07, 6.45) is 1.60. The van der Waals surface area contributed by atoms with Crippen molar-refractivity contribution >= 4 is 17.4 Å². The van der Waals surface area contributed by atoms with Gasteiger partial charge in [-0.2, -0.15) is 0 Å². The summed E-state index contributed by atoms with van der Waals surface area (Å²) in [6, 6.07) is 7.01. The van der Waals surface area contributed by atoms with Gasteiger partial charge in [-0.05, 0) is 24.3 Å². The Labute approximate surface area is 98.0 Å². The lowest BCUT2D eigenvalue weighted by Crippen LogP contribution is -1.99. The van der Waals surface area contributed by atoms with Gasteiger partial charge in [0, 0.05) is 0 Å². The molecular formula is C11H11ClN2O2. The molecule has 2 aromatic rings. The molecule has 0 amide bonds. The van der Waals surface area contributed by atoms with Crippen LogP contribution in [0.3, 0.4) is 0 Å². The van der Waals surface area contributed by atoms with Crippen LogP contribution in [-0.4, -0.2) is 4.98 Å². The molecule has 16 heavy (non-hydrogen) atoms. The van der Waals surface area contributed by atoms with Crippen LogP contribution in [0.4, 0.5) is 5.82 Å². The number of aromatic nitrogens is 1. The monoisotopic (exact) mass is 238 g/mol. The zero-order valence-corrected chi connectivity index (χ0v) is 9.28. The van der Waals surface area contributed by atoms with Gasteiger partial charge < -0.3 is 14.9 Å². The van der Waals surface area contributed by atoms with Gasteiger partial charge in [-0.3, -0.25) is 0 Å². The van der Waals surface area contributed by atoms with E-state index < -0.39 is 0 Å². The minimum atomic E-state index is 0.310. The van der Waals surface area contributed by atoms with E-state index >= 15 is 0 Å². The molecular weight excluding hydrogens is 228 g/mol. The zero-order chi connectivity index (χ0) is 11.4. The molecule has 5 heteroatoms. The van der Waals surface area contributed by atoms with Gasteiger partial charge in [0.2, 0.25) is 0 Å². The molecule has 4 nitrogen and oxygen atoms in total. The van der Waals surface area contributed by atoms with E-state index in [1.54, 1.807) is 18.4 Å². The fraction of sp³-hybridized carbons (Fsp3) is 0.182. The highest BCUT2D eigenvalue weighted by Crippen LogP contribution is 2.16. The number of ether oxygens (including phenoxy) is 1. The average Bonchev–Trinajstić information content (AvgIpc) is 2.76. The highest BCUT2D eigenvalue weighted by Gasteiger charge is 2.03. The number of anilines is 1. The zero-order valence-electron chi connectivity index (χ0n) is 8.52. The molecule has 0 radical (unpaired) electrons. The third kappa shape index (κ3) is 2.74. The van der Waals surface area contributed by atoms with Crippen molar-refractivity contribution in [2.24, 2.45) is 0 Å². The number of halogens is 1. The standard InChI is InChI=1S/C11H11ClN2O2/c12-9-3-4-11(13)14-10(9)7-15-6-8-2-1-5-16-8/h1-5H,6-7H2,(H2,13,14). The molecule has 0 aliphatic carbocycles. The molecule has 0 aliphatic heterocycles. The molecule has 2 N–H and O–H groups in total. The second-order valence-corrected chi connectivity index (χ2v) is 3.64. The summed E-state index contributed by atoms with van der Waals surface area (Å²) in [5.74, 6) is 1.20. The van der Waals surface area contributed by atoms with Crippen molar-refractivity contribution in [3.05, 3.63) is 47.0 Å². The first-order chi connectivity index (χ1) is 7.75. The lowest BCUT2D eigenvalue weighted by Gasteiger charge is -2.04. The molecule has 2 aromatic heterocycles. The molecule has 0 fully saturated rings. The first kappa shape index (κ1) is 11.0. The second-order valence-electron chi connectivity index (χ2n) is 3.24. The van der Waals surface area contributed by atoms with Crippen molar-refractivity contribution in [2.45, 2.75) is 13.2 Å². The Morgan fingerprint density at radius 3 is 2.94 bits per heavy atom. The normalized spacial score (nSPS) is 10.6. The van der Waals surface area contributed by atoms with Gasteiger partial charge >= 0.3 is 0 Å². The molecule has 0 unspecified atom stereocenters. The Balaban J connectivity index is 1.92. The van der Waals surface area contributed by atoms with Gasteiger partial charge in [0.15, 0.2) is 0 Å². The Morgan fingerprint density at radius 1 is 1.31 bits per heavy atom. The smallest absolute Gasteiger partial charge is 0.129 e. The van der Waals surface area contributed by atoms with Crippen LogP contribution in [0, 0.1) is 0 Å². The Morgan fingerprint density at radius 2 is 2.19 bits per heavy atom. The Bertz CT molecular complexity index is 457. The molecule has 0 aliphatic rings. The van der Waals surface area contributed by atoms with E-state index in [1.807, 2.05) is 12.1 Å². The first-order valence-corrected chi connectivity index (χ1v) is 5.14. The topological polar surface area (TPSA) is 61.3 Å². The number of rotatable bonds is 4. The summed E-state index contributed by atoms with van der Waals surface area (Å²) in [4.78, 5) is 4.08. The summed E-state index contributed by atoms with van der Waals surface area (Å²) in [6.45, 7) is 0.699. The SMILES string of the molecule is Nc1ccc(Cl)c(COCc2ccco2)n1. The van der Waals surface area contributed by atoms with Crippen LogP contribution in [0.2, 0.25) is 5.02 Å². The highest BCUT2D eigenvalue weighted by atomic mass is 35.5. The number of hydrogen-bond acceptors (Lipinski definition) is 4. The van der Waals surface area contributed by atoms with Gasteiger partial charge in [-0.15, -0.1) is 0 Å². The Kier molecular flexibility index (Phi) is 3.44. The average molecular weight is 239 g/mol. The second kappa shape index (κ2) is 5.01. The minimum Gasteiger partial charge on any atom is -0.467 e. The number of hydrogen-bond donors (Lipinski definition) is 1. The van der Waals surface area contributed by atoms with Gasteiger partial charge in [-0.25, -0.2) is 4.98 Å². The van der Waals surface area contributed by atoms with E-state index in [9.17, 15) is 0 Å². The molecule has 0 aromatic carbocycles. The van der Waals surface area contributed by atoms with Crippen LogP contribution in [-0.2, 0) is 18.0 Å². The van der Waals surface area contributed by atoms with Crippen molar-refractivity contribution in [2.75, 3.05) is 5.73 Å². The van der Waals surface area contributed by atoms with E-state index in [0.717, 1.165) is 5.76 Å². The third-order valence-electron chi connectivity index (χ3n) is 2.00. The van der Waals surface area contributed by atoms with Crippen molar-refractivity contribution in [3.63, 3.8) is 0 Å². The Hall–Kier alpha value is -1.52. The lowest BCUT2D eigenvalue weighted by molar-refractivity contribution is 0.0908. The maximum atomic E-state index is 5.94. The minimum absolute atomic E-state index is 0.310. The largest absolute Gasteiger partial charge is 0.467 e. The summed E-state index contributed by atoms with van der Waals surface area (Å²) in [5, 5.41) is 0.550.